The van der Waals surface area contributed by atoms with Gasteiger partial charge in [0, 0.05) is 6.54 Å². The third kappa shape index (κ3) is 3.26. The Labute approximate surface area is 124 Å². The molecule has 1 saturated carbocycles. The number of hydrogen-bond acceptors (Lipinski definition) is 3. The number of halogens is 2. The van der Waals surface area contributed by atoms with Crippen molar-refractivity contribution in [3.63, 3.8) is 0 Å². The van der Waals surface area contributed by atoms with E-state index in [9.17, 15) is 5.11 Å². The number of aliphatic hydroxyl groups excluding tert-OH is 1. The summed E-state index contributed by atoms with van der Waals surface area (Å²) < 4.78 is 7.68. The Morgan fingerprint density at radius 1 is 1.22 bits per heavy atom. The summed E-state index contributed by atoms with van der Waals surface area (Å²) in [6, 6.07) is 3.91. The minimum atomic E-state index is -0.369. The number of nitrogens with two attached hydrogens (primary N) is 1. The molecule has 0 aliphatic heterocycles. The zero-order valence-corrected chi connectivity index (χ0v) is 13.2. The lowest BCUT2D eigenvalue weighted by molar-refractivity contribution is 0.00608. The molecule has 1 aromatic carbocycles. The van der Waals surface area contributed by atoms with Crippen molar-refractivity contribution >= 4 is 31.9 Å². The Morgan fingerprint density at radius 2 is 1.83 bits per heavy atom. The van der Waals surface area contributed by atoms with Gasteiger partial charge in [-0.15, -0.1) is 0 Å². The summed E-state index contributed by atoms with van der Waals surface area (Å²) in [4.78, 5) is 0. The number of aliphatic hydroxyl groups is 1. The van der Waals surface area contributed by atoms with Crippen LogP contribution in [0.3, 0.4) is 0 Å². The number of benzene rings is 1. The van der Waals surface area contributed by atoms with Crippen LogP contribution in [0.4, 0.5) is 0 Å². The van der Waals surface area contributed by atoms with Gasteiger partial charge in [0.05, 0.1) is 15.0 Å². The molecular formula is C13H17Br2NO2. The Bertz CT molecular complexity index is 402. The van der Waals surface area contributed by atoms with E-state index in [0.29, 0.717) is 6.54 Å². The molecule has 0 saturated heterocycles. The molecule has 0 amide bonds. The highest BCUT2D eigenvalue weighted by Crippen LogP contribution is 2.37. The van der Waals surface area contributed by atoms with Crippen molar-refractivity contribution in [1.82, 2.24) is 0 Å². The fourth-order valence-electron chi connectivity index (χ4n) is 2.21. The van der Waals surface area contributed by atoms with Gasteiger partial charge in [-0.2, -0.15) is 0 Å². The van der Waals surface area contributed by atoms with Crippen LogP contribution in [-0.4, -0.2) is 17.3 Å². The Hall–Kier alpha value is -0.100. The second-order valence-corrected chi connectivity index (χ2v) is 6.31. The number of ether oxygens (including phenoxy) is 1. The molecule has 2 unspecified atom stereocenters. The van der Waals surface area contributed by atoms with Crippen molar-refractivity contribution in [3.05, 3.63) is 26.6 Å². The van der Waals surface area contributed by atoms with Gasteiger partial charge in [0.15, 0.2) is 0 Å². The van der Waals surface area contributed by atoms with Gasteiger partial charge >= 0.3 is 0 Å². The lowest BCUT2D eigenvalue weighted by Crippen LogP contribution is -2.34. The molecule has 0 bridgehead atoms. The summed E-state index contributed by atoms with van der Waals surface area (Å²) in [5, 5.41) is 9.94. The van der Waals surface area contributed by atoms with Crippen LogP contribution in [0.1, 0.15) is 31.2 Å². The van der Waals surface area contributed by atoms with Crippen molar-refractivity contribution in [2.45, 2.75) is 44.4 Å². The standard InChI is InChI=1S/C13H17Br2NO2/c14-9-5-8(7-16)6-10(15)13(9)18-12-4-2-1-3-11(12)17/h5-6,11-12,17H,1-4,7,16H2. The maximum atomic E-state index is 9.94. The van der Waals surface area contributed by atoms with E-state index >= 15 is 0 Å². The molecule has 1 aromatic rings. The molecule has 1 fully saturated rings. The van der Waals surface area contributed by atoms with E-state index in [1.807, 2.05) is 12.1 Å². The molecule has 1 aliphatic rings. The molecule has 3 N–H and O–H groups in total. The van der Waals surface area contributed by atoms with Crippen LogP contribution in [0.5, 0.6) is 5.75 Å². The van der Waals surface area contributed by atoms with Crippen LogP contribution in [0.2, 0.25) is 0 Å². The van der Waals surface area contributed by atoms with Gasteiger partial charge in [-0.1, -0.05) is 6.42 Å². The SMILES string of the molecule is NCc1cc(Br)c(OC2CCCCC2O)c(Br)c1. The summed E-state index contributed by atoms with van der Waals surface area (Å²) >= 11 is 6.99. The fourth-order valence-corrected chi connectivity index (χ4v) is 3.68. The van der Waals surface area contributed by atoms with Gasteiger partial charge in [0.1, 0.15) is 11.9 Å². The largest absolute Gasteiger partial charge is 0.485 e. The maximum Gasteiger partial charge on any atom is 0.148 e. The van der Waals surface area contributed by atoms with Crippen molar-refractivity contribution in [2.24, 2.45) is 5.73 Å². The summed E-state index contributed by atoms with van der Waals surface area (Å²) in [5.74, 6) is 0.748. The first-order chi connectivity index (χ1) is 8.61. The number of hydrogen-bond donors (Lipinski definition) is 2. The summed E-state index contributed by atoms with van der Waals surface area (Å²) in [6.45, 7) is 0.490. The second kappa shape index (κ2) is 6.37. The molecule has 0 heterocycles. The summed E-state index contributed by atoms with van der Waals surface area (Å²) in [7, 11) is 0. The first kappa shape index (κ1) is 14.3. The van der Waals surface area contributed by atoms with Crippen LogP contribution in [0.25, 0.3) is 0 Å². The van der Waals surface area contributed by atoms with Crippen molar-refractivity contribution in [3.8, 4) is 5.75 Å². The molecule has 2 atom stereocenters. The monoisotopic (exact) mass is 377 g/mol. The lowest BCUT2D eigenvalue weighted by atomic mass is 9.95. The molecule has 0 radical (unpaired) electrons. The molecule has 18 heavy (non-hydrogen) atoms. The minimum absolute atomic E-state index is 0.116. The molecule has 3 nitrogen and oxygen atoms in total. The second-order valence-electron chi connectivity index (χ2n) is 4.60. The molecule has 100 valence electrons. The van der Waals surface area contributed by atoms with Crippen molar-refractivity contribution in [2.75, 3.05) is 0 Å². The van der Waals surface area contributed by atoms with Crippen LogP contribution in [0, 0.1) is 0 Å². The van der Waals surface area contributed by atoms with Crippen molar-refractivity contribution in [1.29, 1.82) is 0 Å². The predicted octanol–water partition coefficient (Wildman–Crippen LogP) is 3.35. The van der Waals surface area contributed by atoms with E-state index in [1.54, 1.807) is 0 Å². The average Bonchev–Trinajstić information content (AvgIpc) is 2.35. The Morgan fingerprint density at radius 3 is 2.39 bits per heavy atom. The van der Waals surface area contributed by atoms with Crippen LogP contribution in [-0.2, 0) is 6.54 Å². The third-order valence-electron chi connectivity index (χ3n) is 3.23. The molecule has 5 heteroatoms. The fraction of sp³-hybridized carbons (Fsp3) is 0.538. The van der Waals surface area contributed by atoms with Gasteiger partial charge in [-0.05, 0) is 68.8 Å². The van der Waals surface area contributed by atoms with Crippen LogP contribution in [0.15, 0.2) is 21.1 Å². The summed E-state index contributed by atoms with van der Waals surface area (Å²) in [5.41, 5.74) is 6.65. The molecular weight excluding hydrogens is 362 g/mol. The van der Waals surface area contributed by atoms with Gasteiger partial charge in [0.2, 0.25) is 0 Å². The Balaban J connectivity index is 2.18. The molecule has 2 rings (SSSR count). The zero-order chi connectivity index (χ0) is 13.1. The predicted molar refractivity (Wildman–Crippen MR) is 78.6 cm³/mol. The molecule has 1 aliphatic carbocycles. The topological polar surface area (TPSA) is 55.5 Å². The van der Waals surface area contributed by atoms with E-state index in [1.165, 1.54) is 0 Å². The van der Waals surface area contributed by atoms with E-state index in [0.717, 1.165) is 45.9 Å². The average molecular weight is 379 g/mol. The van der Waals surface area contributed by atoms with Crippen LogP contribution >= 0.6 is 31.9 Å². The van der Waals surface area contributed by atoms with Gasteiger partial charge in [-0.25, -0.2) is 0 Å². The lowest BCUT2D eigenvalue weighted by Gasteiger charge is -2.29. The van der Waals surface area contributed by atoms with Crippen LogP contribution < -0.4 is 10.5 Å². The highest BCUT2D eigenvalue weighted by atomic mass is 79.9. The normalized spacial score (nSPS) is 24.0. The van der Waals surface area contributed by atoms with E-state index in [-0.39, 0.29) is 12.2 Å². The highest BCUT2D eigenvalue weighted by molar-refractivity contribution is 9.11. The first-order valence-corrected chi connectivity index (χ1v) is 7.73. The van der Waals surface area contributed by atoms with E-state index in [2.05, 4.69) is 31.9 Å². The zero-order valence-electron chi connectivity index (χ0n) is 10.0. The maximum absolute atomic E-state index is 9.94. The smallest absolute Gasteiger partial charge is 0.148 e. The summed E-state index contributed by atoms with van der Waals surface area (Å²) in [6.07, 6.45) is 3.43. The van der Waals surface area contributed by atoms with Gasteiger partial charge < -0.3 is 15.6 Å². The van der Waals surface area contributed by atoms with E-state index in [4.69, 9.17) is 10.5 Å². The Kier molecular flexibility index (Phi) is 5.06. The first-order valence-electron chi connectivity index (χ1n) is 6.14. The van der Waals surface area contributed by atoms with Gasteiger partial charge in [-0.3, -0.25) is 0 Å². The number of rotatable bonds is 3. The molecule has 0 aromatic heterocycles. The quantitative estimate of drug-likeness (QED) is 0.847. The highest BCUT2D eigenvalue weighted by Gasteiger charge is 2.26. The minimum Gasteiger partial charge on any atom is -0.485 e. The molecule has 0 spiro atoms. The van der Waals surface area contributed by atoms with Crippen molar-refractivity contribution < 1.29 is 9.84 Å². The van der Waals surface area contributed by atoms with E-state index < -0.39 is 0 Å². The van der Waals surface area contributed by atoms with Gasteiger partial charge in [0.25, 0.3) is 0 Å². The third-order valence-corrected chi connectivity index (χ3v) is 4.41.